The third-order valence-electron chi connectivity index (χ3n) is 4.45. The lowest BCUT2D eigenvalue weighted by molar-refractivity contribution is -0.137. The first kappa shape index (κ1) is 23.5. The minimum absolute atomic E-state index is 0.0168. The van der Waals surface area contributed by atoms with Gasteiger partial charge >= 0.3 is 6.18 Å². The number of nitrogens with zero attached hydrogens (tertiary/aromatic N) is 2. The Balaban J connectivity index is 1.76. The lowest BCUT2D eigenvalue weighted by Gasteiger charge is -2.14. The van der Waals surface area contributed by atoms with Crippen LogP contribution in [0, 0.1) is 0 Å². The van der Waals surface area contributed by atoms with Crippen LogP contribution in [0.3, 0.4) is 0 Å². The summed E-state index contributed by atoms with van der Waals surface area (Å²) < 4.78 is 50.4. The number of hydrogen-bond donors (Lipinski definition) is 1. The second-order valence-electron chi connectivity index (χ2n) is 6.79. The smallest absolute Gasteiger partial charge is 0.416 e. The molecule has 0 atom stereocenters. The van der Waals surface area contributed by atoms with E-state index in [1.54, 1.807) is 25.2 Å². The molecular formula is C22H19BrF3N3O3. The van der Waals surface area contributed by atoms with Gasteiger partial charge in [0.1, 0.15) is 17.9 Å². The summed E-state index contributed by atoms with van der Waals surface area (Å²) in [5.41, 5.74) is 0.149. The van der Waals surface area contributed by atoms with E-state index >= 15 is 0 Å². The van der Waals surface area contributed by atoms with Crippen LogP contribution in [-0.2, 0) is 23.8 Å². The largest absolute Gasteiger partial charge is 0.493 e. The van der Waals surface area contributed by atoms with Gasteiger partial charge in [0, 0.05) is 26.0 Å². The van der Waals surface area contributed by atoms with Crippen LogP contribution in [0.25, 0.3) is 0 Å². The van der Waals surface area contributed by atoms with Crippen molar-refractivity contribution in [1.29, 1.82) is 0 Å². The molecule has 0 aliphatic rings. The first-order valence-corrected chi connectivity index (χ1v) is 10.2. The van der Waals surface area contributed by atoms with Gasteiger partial charge < -0.3 is 14.8 Å². The topological polar surface area (TPSA) is 73.3 Å². The number of methoxy groups -OCH3 is 1. The monoisotopic (exact) mass is 509 g/mol. The number of rotatable bonds is 8. The molecule has 2 aromatic carbocycles. The Morgan fingerprint density at radius 1 is 1.09 bits per heavy atom. The predicted molar refractivity (Wildman–Crippen MR) is 116 cm³/mol. The van der Waals surface area contributed by atoms with E-state index in [0.717, 1.165) is 12.1 Å². The molecule has 0 fully saturated rings. The van der Waals surface area contributed by atoms with Gasteiger partial charge in [0.2, 0.25) is 5.88 Å². The third-order valence-corrected chi connectivity index (χ3v) is 5.04. The molecule has 0 aliphatic heterocycles. The summed E-state index contributed by atoms with van der Waals surface area (Å²) in [6.45, 7) is 0. The van der Waals surface area contributed by atoms with Crippen LogP contribution in [-0.4, -0.2) is 29.9 Å². The van der Waals surface area contributed by atoms with Crippen LogP contribution in [0.5, 0.6) is 17.4 Å². The summed E-state index contributed by atoms with van der Waals surface area (Å²) in [6.07, 6.45) is -3.20. The predicted octanol–water partition coefficient (Wildman–Crippen LogP) is 5.45. The molecule has 168 valence electrons. The minimum atomic E-state index is -4.45. The molecule has 1 aromatic heterocycles. The van der Waals surface area contributed by atoms with E-state index in [2.05, 4.69) is 31.2 Å². The van der Waals surface area contributed by atoms with Gasteiger partial charge in [-0.1, -0.05) is 18.2 Å². The normalized spacial score (nSPS) is 11.2. The fraction of sp³-hybridized carbons (Fsp3) is 0.227. The Labute approximate surface area is 190 Å². The molecule has 0 spiro atoms. The second kappa shape index (κ2) is 9.99. The molecular weight excluding hydrogens is 491 g/mol. The number of alkyl halides is 3. The first-order valence-electron chi connectivity index (χ1n) is 9.41. The van der Waals surface area contributed by atoms with Crippen LogP contribution in [0.4, 0.5) is 19.0 Å². The SMILES string of the molecule is CNc1cc(Oc2c(Br)cc(CC(=O)Cc3cccc(C(F)(F)F)c3)cc2OC)ncn1. The highest BCUT2D eigenvalue weighted by Gasteiger charge is 2.30. The maximum Gasteiger partial charge on any atom is 0.416 e. The Morgan fingerprint density at radius 2 is 1.84 bits per heavy atom. The molecule has 0 amide bonds. The molecule has 1 N–H and O–H groups in total. The van der Waals surface area contributed by atoms with Gasteiger partial charge in [-0.3, -0.25) is 4.79 Å². The van der Waals surface area contributed by atoms with Crippen LogP contribution in [0.15, 0.2) is 53.3 Å². The van der Waals surface area contributed by atoms with Crippen molar-refractivity contribution in [3.63, 3.8) is 0 Å². The number of aromatic nitrogens is 2. The van der Waals surface area contributed by atoms with E-state index in [-0.39, 0.29) is 24.5 Å². The van der Waals surface area contributed by atoms with Crippen molar-refractivity contribution in [2.24, 2.45) is 0 Å². The van der Waals surface area contributed by atoms with E-state index in [4.69, 9.17) is 9.47 Å². The van der Waals surface area contributed by atoms with Crippen LogP contribution < -0.4 is 14.8 Å². The Bertz CT molecular complexity index is 1120. The highest BCUT2D eigenvalue weighted by Crippen LogP contribution is 2.39. The number of benzene rings is 2. The van der Waals surface area contributed by atoms with Gasteiger partial charge in [-0.05, 0) is 45.3 Å². The lowest BCUT2D eigenvalue weighted by atomic mass is 10.0. The standard InChI is InChI=1S/C22H19BrF3N3O3/c1-27-19-11-20(29-12-28-19)32-21-17(23)9-14(10-18(21)31-2)8-16(30)7-13-4-3-5-15(6-13)22(24,25)26/h3-6,9-12H,7-8H2,1-2H3,(H,27,28,29). The van der Waals surface area contributed by atoms with Crippen molar-refractivity contribution in [1.82, 2.24) is 9.97 Å². The highest BCUT2D eigenvalue weighted by atomic mass is 79.9. The van der Waals surface area contributed by atoms with E-state index in [9.17, 15) is 18.0 Å². The number of ketones is 1. The number of hydrogen-bond acceptors (Lipinski definition) is 6. The Kier molecular flexibility index (Phi) is 7.34. The van der Waals surface area contributed by atoms with Crippen LogP contribution >= 0.6 is 15.9 Å². The summed E-state index contributed by atoms with van der Waals surface area (Å²) >= 11 is 3.42. The van der Waals surface area contributed by atoms with Gasteiger partial charge in [0.05, 0.1) is 17.1 Å². The van der Waals surface area contributed by atoms with Gasteiger partial charge in [-0.2, -0.15) is 13.2 Å². The highest BCUT2D eigenvalue weighted by molar-refractivity contribution is 9.10. The average Bonchev–Trinajstić information content (AvgIpc) is 2.75. The van der Waals surface area contributed by atoms with Crippen LogP contribution in [0.1, 0.15) is 16.7 Å². The van der Waals surface area contributed by atoms with Crippen molar-refractivity contribution < 1.29 is 27.4 Å². The van der Waals surface area contributed by atoms with Crippen molar-refractivity contribution in [2.45, 2.75) is 19.0 Å². The average molecular weight is 510 g/mol. The summed E-state index contributed by atoms with van der Waals surface area (Å²) in [4.78, 5) is 20.6. The van der Waals surface area contributed by atoms with E-state index in [1.165, 1.54) is 25.6 Å². The Hall–Kier alpha value is -3.14. The molecule has 0 aliphatic carbocycles. The molecule has 32 heavy (non-hydrogen) atoms. The third kappa shape index (κ3) is 5.97. The first-order chi connectivity index (χ1) is 15.2. The summed E-state index contributed by atoms with van der Waals surface area (Å²) in [7, 11) is 3.18. The molecule has 3 aromatic rings. The number of nitrogens with one attached hydrogen (secondary N) is 1. The summed E-state index contributed by atoms with van der Waals surface area (Å²) in [5.74, 6) is 1.35. The second-order valence-corrected chi connectivity index (χ2v) is 7.65. The molecule has 6 nitrogen and oxygen atoms in total. The molecule has 0 unspecified atom stereocenters. The van der Waals surface area contributed by atoms with Gasteiger partial charge in [-0.25, -0.2) is 9.97 Å². The number of halogens is 4. The van der Waals surface area contributed by atoms with Crippen LogP contribution in [0.2, 0.25) is 0 Å². The van der Waals surface area contributed by atoms with Gasteiger partial charge in [-0.15, -0.1) is 0 Å². The molecule has 1 heterocycles. The number of Topliss-reactive ketones (excluding diaryl/α,β-unsaturated/α-hetero) is 1. The zero-order chi connectivity index (χ0) is 23.3. The fourth-order valence-corrected chi connectivity index (χ4v) is 3.56. The summed E-state index contributed by atoms with van der Waals surface area (Å²) in [5, 5.41) is 2.88. The molecule has 0 saturated carbocycles. The minimum Gasteiger partial charge on any atom is -0.493 e. The number of anilines is 1. The lowest BCUT2D eigenvalue weighted by Crippen LogP contribution is -2.09. The van der Waals surface area contributed by atoms with E-state index < -0.39 is 11.7 Å². The quantitative estimate of drug-likeness (QED) is 0.435. The molecule has 3 rings (SSSR count). The number of carbonyl (C=O) groups is 1. The van der Waals surface area contributed by atoms with Crippen molar-refractivity contribution in [3.8, 4) is 17.4 Å². The molecule has 0 radical (unpaired) electrons. The molecule has 0 bridgehead atoms. The van der Waals surface area contributed by atoms with Crippen molar-refractivity contribution in [3.05, 3.63) is 70.0 Å². The fourth-order valence-electron chi connectivity index (χ4n) is 2.99. The number of carbonyl (C=O) groups excluding carboxylic acids is 1. The Morgan fingerprint density at radius 3 is 2.53 bits per heavy atom. The van der Waals surface area contributed by atoms with E-state index in [1.807, 2.05) is 0 Å². The molecule has 0 saturated heterocycles. The maximum absolute atomic E-state index is 12.9. The number of ether oxygens (including phenoxy) is 2. The maximum atomic E-state index is 12.9. The zero-order valence-corrected chi connectivity index (χ0v) is 18.8. The van der Waals surface area contributed by atoms with Gasteiger partial charge in [0.25, 0.3) is 0 Å². The van der Waals surface area contributed by atoms with Crippen molar-refractivity contribution >= 4 is 27.5 Å². The summed E-state index contributed by atoms with van der Waals surface area (Å²) in [6, 6.07) is 9.72. The van der Waals surface area contributed by atoms with Crippen molar-refractivity contribution in [2.75, 3.05) is 19.5 Å². The molecule has 10 heteroatoms. The van der Waals surface area contributed by atoms with Gasteiger partial charge in [0.15, 0.2) is 11.5 Å². The zero-order valence-electron chi connectivity index (χ0n) is 17.2. The van der Waals surface area contributed by atoms with E-state index in [0.29, 0.717) is 32.9 Å².